The van der Waals surface area contributed by atoms with Gasteiger partial charge in [0, 0.05) is 29.6 Å². The van der Waals surface area contributed by atoms with Gasteiger partial charge in [-0.2, -0.15) is 0 Å². The smallest absolute Gasteiger partial charge is 0.264 e. The summed E-state index contributed by atoms with van der Waals surface area (Å²) < 4.78 is 42.8. The molecule has 4 rings (SSSR count). The molecule has 0 saturated heterocycles. The number of nitrogens with one attached hydrogen (secondary N) is 1. The number of benzene rings is 4. The SMILES string of the molecule is CCNC(=O)C(Cc1ccccc1)N(Cc1ccc(Cl)cc1Cl)C(=O)CN(c1ccc(F)c(Cl)c1)S(=O)(=O)c1ccccc1. The van der Waals surface area contributed by atoms with Gasteiger partial charge in [-0.1, -0.05) is 89.4 Å². The molecule has 0 fully saturated rings. The molecule has 1 atom stereocenters. The third-order valence-electron chi connectivity index (χ3n) is 6.78. The van der Waals surface area contributed by atoms with Crippen molar-refractivity contribution in [3.05, 3.63) is 129 Å². The van der Waals surface area contributed by atoms with Crippen LogP contribution in [-0.4, -0.2) is 44.3 Å². The molecule has 1 N–H and O–H groups in total. The Morgan fingerprint density at radius 2 is 1.52 bits per heavy atom. The molecule has 2 amide bonds. The molecule has 7 nitrogen and oxygen atoms in total. The number of hydrogen-bond donors (Lipinski definition) is 1. The average molecular weight is 677 g/mol. The Morgan fingerprint density at radius 1 is 0.864 bits per heavy atom. The molecule has 0 aliphatic heterocycles. The van der Waals surface area contributed by atoms with E-state index < -0.39 is 40.2 Å². The van der Waals surface area contributed by atoms with Crippen molar-refractivity contribution >= 4 is 62.3 Å². The second-order valence-electron chi connectivity index (χ2n) is 9.78. The number of likely N-dealkylation sites (N-methyl/N-ethyl adjacent to an activating group) is 1. The molecule has 44 heavy (non-hydrogen) atoms. The predicted molar refractivity (Wildman–Crippen MR) is 172 cm³/mol. The minimum absolute atomic E-state index is 0.0318. The van der Waals surface area contributed by atoms with Crippen LogP contribution in [0.25, 0.3) is 0 Å². The quantitative estimate of drug-likeness (QED) is 0.180. The Morgan fingerprint density at radius 3 is 2.14 bits per heavy atom. The monoisotopic (exact) mass is 675 g/mol. The van der Waals surface area contributed by atoms with Crippen molar-refractivity contribution in [3.63, 3.8) is 0 Å². The molecule has 1 unspecified atom stereocenters. The van der Waals surface area contributed by atoms with Gasteiger partial charge in [-0.15, -0.1) is 0 Å². The summed E-state index contributed by atoms with van der Waals surface area (Å²) in [6.07, 6.45) is 0.136. The highest BCUT2D eigenvalue weighted by atomic mass is 35.5. The molecule has 4 aromatic rings. The number of anilines is 1. The number of carbonyl (C=O) groups is 2. The van der Waals surface area contributed by atoms with Crippen molar-refractivity contribution in [3.8, 4) is 0 Å². The van der Waals surface area contributed by atoms with Crippen molar-refractivity contribution in [1.82, 2.24) is 10.2 Å². The van der Waals surface area contributed by atoms with Crippen molar-refractivity contribution in [1.29, 1.82) is 0 Å². The Kier molecular flexibility index (Phi) is 11.3. The van der Waals surface area contributed by atoms with Crippen molar-refractivity contribution in [2.24, 2.45) is 0 Å². The number of sulfonamides is 1. The summed E-state index contributed by atoms with van der Waals surface area (Å²) in [6.45, 7) is 1.20. The van der Waals surface area contributed by atoms with Gasteiger partial charge in [-0.3, -0.25) is 13.9 Å². The molecule has 0 aromatic heterocycles. The fraction of sp³-hybridized carbons (Fsp3) is 0.188. The van der Waals surface area contributed by atoms with Crippen molar-refractivity contribution < 1.29 is 22.4 Å². The van der Waals surface area contributed by atoms with Gasteiger partial charge >= 0.3 is 0 Å². The van der Waals surface area contributed by atoms with Crippen molar-refractivity contribution in [2.45, 2.75) is 30.8 Å². The number of amides is 2. The van der Waals surface area contributed by atoms with Crippen LogP contribution in [0.3, 0.4) is 0 Å². The highest BCUT2D eigenvalue weighted by Gasteiger charge is 2.35. The van der Waals surface area contributed by atoms with Crippen molar-refractivity contribution in [2.75, 3.05) is 17.4 Å². The molecule has 0 radical (unpaired) electrons. The maximum atomic E-state index is 14.3. The van der Waals surface area contributed by atoms with Gasteiger partial charge in [0.25, 0.3) is 10.0 Å². The molecule has 0 saturated carbocycles. The lowest BCUT2D eigenvalue weighted by atomic mass is 10.0. The maximum Gasteiger partial charge on any atom is 0.264 e. The Labute approximate surface area is 271 Å². The van der Waals surface area contributed by atoms with E-state index in [0.717, 1.165) is 22.0 Å². The predicted octanol–water partition coefficient (Wildman–Crippen LogP) is 6.76. The van der Waals surface area contributed by atoms with Gasteiger partial charge < -0.3 is 10.2 Å². The normalized spacial score (nSPS) is 11.9. The summed E-state index contributed by atoms with van der Waals surface area (Å²) in [5, 5.41) is 3.12. The van der Waals surface area contributed by atoms with Crippen LogP contribution in [0.15, 0.2) is 102 Å². The topological polar surface area (TPSA) is 86.8 Å². The van der Waals surface area contributed by atoms with Crippen LogP contribution in [0.5, 0.6) is 0 Å². The Balaban J connectivity index is 1.82. The lowest BCUT2D eigenvalue weighted by Crippen LogP contribution is -2.53. The zero-order chi connectivity index (χ0) is 31.9. The van der Waals surface area contributed by atoms with Gasteiger partial charge in [0.15, 0.2) is 0 Å². The first-order valence-electron chi connectivity index (χ1n) is 13.6. The first-order valence-corrected chi connectivity index (χ1v) is 16.2. The summed E-state index contributed by atoms with van der Waals surface area (Å²) in [7, 11) is -4.35. The number of halogens is 4. The van der Waals surface area contributed by atoms with Crippen LogP contribution in [0.2, 0.25) is 15.1 Å². The van der Waals surface area contributed by atoms with E-state index in [9.17, 15) is 22.4 Å². The lowest BCUT2D eigenvalue weighted by Gasteiger charge is -2.34. The number of nitrogens with zero attached hydrogens (tertiary/aromatic N) is 2. The van der Waals surface area contributed by atoms with Crippen LogP contribution in [0.4, 0.5) is 10.1 Å². The van der Waals surface area contributed by atoms with E-state index >= 15 is 0 Å². The fourth-order valence-corrected chi connectivity index (χ4v) is 6.64. The minimum atomic E-state index is -4.35. The van der Waals surface area contributed by atoms with E-state index in [4.69, 9.17) is 34.8 Å². The van der Waals surface area contributed by atoms with Gasteiger partial charge in [-0.25, -0.2) is 12.8 Å². The second-order valence-corrected chi connectivity index (χ2v) is 12.9. The second kappa shape index (κ2) is 14.9. The van der Waals surface area contributed by atoms with Crippen LogP contribution in [-0.2, 0) is 32.6 Å². The third kappa shape index (κ3) is 8.09. The third-order valence-corrected chi connectivity index (χ3v) is 9.44. The zero-order valence-corrected chi connectivity index (χ0v) is 26.7. The van der Waals surface area contributed by atoms with E-state index in [1.165, 1.54) is 29.2 Å². The van der Waals surface area contributed by atoms with E-state index in [0.29, 0.717) is 17.1 Å². The van der Waals surface area contributed by atoms with E-state index in [1.807, 2.05) is 30.3 Å². The number of carbonyl (C=O) groups excluding carboxylic acids is 2. The molecule has 230 valence electrons. The van der Waals surface area contributed by atoms with Gasteiger partial charge in [0.2, 0.25) is 11.8 Å². The molecule has 12 heteroatoms. The molecule has 0 aliphatic carbocycles. The average Bonchev–Trinajstić information content (AvgIpc) is 3.01. The Bertz CT molecular complexity index is 1730. The number of rotatable bonds is 12. The van der Waals surface area contributed by atoms with E-state index in [1.54, 1.807) is 37.3 Å². The molecule has 0 spiro atoms. The lowest BCUT2D eigenvalue weighted by molar-refractivity contribution is -0.140. The Hall–Kier alpha value is -3.63. The summed E-state index contributed by atoms with van der Waals surface area (Å²) in [6, 6.07) is 23.7. The zero-order valence-electron chi connectivity index (χ0n) is 23.6. The van der Waals surface area contributed by atoms with Crippen LogP contribution < -0.4 is 9.62 Å². The highest BCUT2D eigenvalue weighted by molar-refractivity contribution is 7.92. The van der Waals surface area contributed by atoms with Gasteiger partial charge in [0.1, 0.15) is 18.4 Å². The van der Waals surface area contributed by atoms with Crippen LogP contribution in [0, 0.1) is 5.82 Å². The molecular formula is C32H29Cl3FN3O4S. The van der Waals surface area contributed by atoms with E-state index in [-0.39, 0.29) is 33.6 Å². The maximum absolute atomic E-state index is 14.3. The summed E-state index contributed by atoms with van der Waals surface area (Å²) in [5.74, 6) is -1.89. The molecule has 0 bridgehead atoms. The largest absolute Gasteiger partial charge is 0.355 e. The molecule has 0 heterocycles. The van der Waals surface area contributed by atoms with Crippen LogP contribution in [0.1, 0.15) is 18.1 Å². The number of hydrogen-bond acceptors (Lipinski definition) is 4. The fourth-order valence-electron chi connectivity index (χ4n) is 4.57. The summed E-state index contributed by atoms with van der Waals surface area (Å²) in [4.78, 5) is 29.1. The highest BCUT2D eigenvalue weighted by Crippen LogP contribution is 2.29. The summed E-state index contributed by atoms with van der Waals surface area (Å²) >= 11 is 18.6. The minimum Gasteiger partial charge on any atom is -0.355 e. The van der Waals surface area contributed by atoms with E-state index in [2.05, 4.69) is 5.32 Å². The first-order chi connectivity index (χ1) is 21.0. The standard InChI is InChI=1S/C32H29Cl3FN3O4S/c1-2-37-32(41)30(17-22-9-5-3-6-10-22)38(20-23-13-14-24(33)18-27(23)34)31(40)21-39(25-15-16-29(36)28(35)19-25)44(42,43)26-11-7-4-8-12-26/h3-16,18-19,30H,2,17,20-21H2,1H3,(H,37,41). The van der Waals surface area contributed by atoms with Crippen LogP contribution >= 0.6 is 34.8 Å². The summed E-state index contributed by atoms with van der Waals surface area (Å²) in [5.41, 5.74) is 1.24. The molecule has 0 aliphatic rings. The molecule has 4 aromatic carbocycles. The molecular weight excluding hydrogens is 648 g/mol. The van der Waals surface area contributed by atoms with Gasteiger partial charge in [-0.05, 0) is 60.5 Å². The first kappa shape index (κ1) is 33.3. The van der Waals surface area contributed by atoms with Gasteiger partial charge in [0.05, 0.1) is 15.6 Å².